The molecule has 0 unspecified atom stereocenters. The molecule has 0 amide bonds. The maximum absolute atomic E-state index is 6.03. The van der Waals surface area contributed by atoms with Crippen LogP contribution in [0.15, 0.2) is 6.07 Å². The molecule has 0 atom stereocenters. The second kappa shape index (κ2) is 8.37. The topological polar surface area (TPSA) is 9.23 Å². The Bertz CT molecular complexity index is 393. The molecule has 0 aliphatic heterocycles. The van der Waals surface area contributed by atoms with Crippen molar-refractivity contribution in [3.63, 3.8) is 0 Å². The summed E-state index contributed by atoms with van der Waals surface area (Å²) in [6.07, 6.45) is 5.87. The molecule has 0 saturated heterocycles. The molecule has 0 aliphatic carbocycles. The minimum Gasteiger partial charge on any atom is -0.492 e. The molecule has 1 aromatic carbocycles. The van der Waals surface area contributed by atoms with Gasteiger partial charge in [0.05, 0.1) is 21.7 Å². The number of hydrogen-bond donors (Lipinski definition) is 0. The van der Waals surface area contributed by atoms with Crippen LogP contribution < -0.4 is 4.74 Å². The fraction of sp³-hybridized carbons (Fsp3) is 0.538. The average Bonchev–Trinajstić information content (AvgIpc) is 2.37. The molecule has 0 bridgehead atoms. The number of hydrogen-bond acceptors (Lipinski definition) is 1. The molecule has 1 nitrogen and oxygen atoms in total. The first kappa shape index (κ1) is 16.2. The predicted octanol–water partition coefficient (Wildman–Crippen LogP) is 6.65. The Morgan fingerprint density at radius 3 is 2.22 bits per heavy atom. The van der Waals surface area contributed by atoms with E-state index in [1.165, 1.54) is 19.3 Å². The molecule has 0 radical (unpaired) electrons. The normalized spacial score (nSPS) is 10.7. The molecule has 102 valence electrons. The third-order valence-corrected chi connectivity index (χ3v) is 4.31. The van der Waals surface area contributed by atoms with Crippen LogP contribution in [0, 0.1) is 0 Å². The standard InChI is InChI=1S/C13H16Cl4O/c1-2-3-4-5-6-7-18-10-8-9(14)11(15)13(17)12(10)16/h8H,2-7H2,1H3. The van der Waals surface area contributed by atoms with E-state index in [0.717, 1.165) is 12.8 Å². The van der Waals surface area contributed by atoms with E-state index in [0.29, 0.717) is 22.4 Å². The molecule has 1 aromatic rings. The van der Waals surface area contributed by atoms with Crippen molar-refractivity contribution in [3.8, 4) is 5.75 Å². The van der Waals surface area contributed by atoms with Gasteiger partial charge < -0.3 is 4.74 Å². The Balaban J connectivity index is 2.48. The van der Waals surface area contributed by atoms with Crippen LogP contribution >= 0.6 is 46.4 Å². The van der Waals surface area contributed by atoms with Gasteiger partial charge in [-0.3, -0.25) is 0 Å². The first-order valence-corrected chi connectivity index (χ1v) is 7.55. The Hall–Kier alpha value is 0.180. The molecule has 18 heavy (non-hydrogen) atoms. The van der Waals surface area contributed by atoms with Crippen LogP contribution in [0.3, 0.4) is 0 Å². The lowest BCUT2D eigenvalue weighted by Gasteiger charge is -2.11. The number of halogens is 4. The molecule has 0 aliphatic rings. The summed E-state index contributed by atoms with van der Waals surface area (Å²) in [5, 5.41) is 1.18. The zero-order valence-corrected chi connectivity index (χ0v) is 13.3. The monoisotopic (exact) mass is 328 g/mol. The highest BCUT2D eigenvalue weighted by Crippen LogP contribution is 2.41. The van der Waals surface area contributed by atoms with Crippen molar-refractivity contribution in [1.29, 1.82) is 0 Å². The van der Waals surface area contributed by atoms with Crippen molar-refractivity contribution in [3.05, 3.63) is 26.2 Å². The molecular weight excluding hydrogens is 314 g/mol. The van der Waals surface area contributed by atoms with Gasteiger partial charge in [0.2, 0.25) is 0 Å². The van der Waals surface area contributed by atoms with Crippen molar-refractivity contribution < 1.29 is 4.74 Å². The second-order valence-electron chi connectivity index (χ2n) is 4.06. The first-order valence-electron chi connectivity index (χ1n) is 6.03. The summed E-state index contributed by atoms with van der Waals surface area (Å²) in [5.41, 5.74) is 0. The fourth-order valence-electron chi connectivity index (χ4n) is 1.54. The predicted molar refractivity (Wildman–Crippen MR) is 80.7 cm³/mol. The van der Waals surface area contributed by atoms with E-state index in [2.05, 4.69) is 6.92 Å². The Morgan fingerprint density at radius 1 is 0.889 bits per heavy atom. The average molecular weight is 330 g/mol. The van der Waals surface area contributed by atoms with Crippen LogP contribution in [-0.4, -0.2) is 6.61 Å². The van der Waals surface area contributed by atoms with Gasteiger partial charge in [-0.2, -0.15) is 0 Å². The minimum absolute atomic E-state index is 0.242. The maximum Gasteiger partial charge on any atom is 0.141 e. The largest absolute Gasteiger partial charge is 0.492 e. The summed E-state index contributed by atoms with van der Waals surface area (Å²) in [4.78, 5) is 0. The number of rotatable bonds is 7. The lowest BCUT2D eigenvalue weighted by Crippen LogP contribution is -1.98. The lowest BCUT2D eigenvalue weighted by atomic mass is 10.2. The zero-order valence-electron chi connectivity index (χ0n) is 10.2. The second-order valence-corrected chi connectivity index (χ2v) is 5.60. The molecule has 0 saturated carbocycles. The van der Waals surface area contributed by atoms with Gasteiger partial charge in [-0.25, -0.2) is 0 Å². The smallest absolute Gasteiger partial charge is 0.141 e. The van der Waals surface area contributed by atoms with E-state index >= 15 is 0 Å². The summed E-state index contributed by atoms with van der Waals surface area (Å²) < 4.78 is 5.57. The highest BCUT2D eigenvalue weighted by atomic mass is 35.5. The van der Waals surface area contributed by atoms with E-state index in [9.17, 15) is 0 Å². The molecule has 1 rings (SSSR count). The number of ether oxygens (including phenoxy) is 1. The highest BCUT2D eigenvalue weighted by molar-refractivity contribution is 6.52. The van der Waals surface area contributed by atoms with E-state index in [4.69, 9.17) is 51.1 Å². The molecule has 0 heterocycles. The maximum atomic E-state index is 6.03. The zero-order chi connectivity index (χ0) is 13.5. The molecule has 0 spiro atoms. The van der Waals surface area contributed by atoms with Crippen LogP contribution in [-0.2, 0) is 0 Å². The molecule has 5 heteroatoms. The van der Waals surface area contributed by atoms with Crippen LogP contribution in [0.4, 0.5) is 0 Å². The van der Waals surface area contributed by atoms with Crippen molar-refractivity contribution in [2.45, 2.75) is 39.0 Å². The highest BCUT2D eigenvalue weighted by Gasteiger charge is 2.13. The van der Waals surface area contributed by atoms with E-state index in [1.807, 2.05) is 0 Å². The molecule has 0 fully saturated rings. The third-order valence-electron chi connectivity index (χ3n) is 2.57. The summed E-state index contributed by atoms with van der Waals surface area (Å²) in [5.74, 6) is 0.492. The summed E-state index contributed by atoms with van der Waals surface area (Å²) >= 11 is 23.8. The number of unbranched alkanes of at least 4 members (excludes halogenated alkanes) is 4. The Labute approximate surface area is 128 Å². The Morgan fingerprint density at radius 2 is 1.56 bits per heavy atom. The van der Waals surface area contributed by atoms with Gasteiger partial charge in [-0.05, 0) is 6.42 Å². The molecule has 0 N–H and O–H groups in total. The minimum atomic E-state index is 0.242. The van der Waals surface area contributed by atoms with Gasteiger partial charge in [0.25, 0.3) is 0 Å². The molecule has 0 aromatic heterocycles. The van der Waals surface area contributed by atoms with Crippen LogP contribution in [0.25, 0.3) is 0 Å². The molecular formula is C13H16Cl4O. The lowest BCUT2D eigenvalue weighted by molar-refractivity contribution is 0.305. The van der Waals surface area contributed by atoms with Crippen molar-refractivity contribution in [2.75, 3.05) is 6.61 Å². The van der Waals surface area contributed by atoms with Crippen molar-refractivity contribution in [2.24, 2.45) is 0 Å². The number of benzene rings is 1. The summed E-state index contributed by atoms with van der Waals surface area (Å²) in [6, 6.07) is 1.60. The SMILES string of the molecule is CCCCCCCOc1cc(Cl)c(Cl)c(Cl)c1Cl. The van der Waals surface area contributed by atoms with Gasteiger partial charge in [-0.1, -0.05) is 79.0 Å². The van der Waals surface area contributed by atoms with Gasteiger partial charge in [0.1, 0.15) is 10.8 Å². The summed E-state index contributed by atoms with van der Waals surface area (Å²) in [7, 11) is 0. The quantitative estimate of drug-likeness (QED) is 0.309. The van der Waals surface area contributed by atoms with Gasteiger partial charge in [0.15, 0.2) is 0 Å². The van der Waals surface area contributed by atoms with Crippen molar-refractivity contribution in [1.82, 2.24) is 0 Å². The van der Waals surface area contributed by atoms with Crippen LogP contribution in [0.1, 0.15) is 39.0 Å². The fourth-order valence-corrected chi connectivity index (χ4v) is 2.38. The van der Waals surface area contributed by atoms with Crippen molar-refractivity contribution >= 4 is 46.4 Å². The van der Waals surface area contributed by atoms with Crippen LogP contribution in [0.2, 0.25) is 20.1 Å². The Kier molecular flexibility index (Phi) is 7.55. The van der Waals surface area contributed by atoms with Crippen LogP contribution in [0.5, 0.6) is 5.75 Å². The van der Waals surface area contributed by atoms with E-state index < -0.39 is 0 Å². The summed E-state index contributed by atoms with van der Waals surface area (Å²) in [6.45, 7) is 2.80. The third kappa shape index (κ3) is 4.70. The van der Waals surface area contributed by atoms with Gasteiger partial charge in [-0.15, -0.1) is 0 Å². The van der Waals surface area contributed by atoms with E-state index in [1.54, 1.807) is 6.07 Å². The first-order chi connectivity index (χ1) is 8.57. The van der Waals surface area contributed by atoms with Gasteiger partial charge in [0, 0.05) is 6.07 Å². The van der Waals surface area contributed by atoms with E-state index in [-0.39, 0.29) is 10.0 Å². The van der Waals surface area contributed by atoms with Gasteiger partial charge >= 0.3 is 0 Å².